The van der Waals surface area contributed by atoms with Crippen LogP contribution in [-0.4, -0.2) is 43.0 Å². The lowest BCUT2D eigenvalue weighted by atomic mass is 10.2. The van der Waals surface area contributed by atoms with Crippen molar-refractivity contribution in [2.75, 3.05) is 30.9 Å². The van der Waals surface area contributed by atoms with Crippen LogP contribution < -0.4 is 9.64 Å². The highest BCUT2D eigenvalue weighted by atomic mass is 35.5. The smallest absolute Gasteiger partial charge is 0.229 e. The van der Waals surface area contributed by atoms with Crippen LogP contribution in [0, 0.1) is 0 Å². The van der Waals surface area contributed by atoms with Crippen molar-refractivity contribution in [1.82, 2.24) is 4.98 Å². The van der Waals surface area contributed by atoms with Crippen LogP contribution in [0.4, 0.5) is 5.13 Å². The standard InChI is InChI=1S/C22H23ClN2O3S2/c1-27-16-6-9-20-19(13-16)24-22(30-20)25(14-17-3-2-11-28-17)21(26)10-12-29-18-7-4-15(23)5-8-18/h4-9,13,17H,2-3,10-12,14H2,1H3. The molecule has 4 rings (SSSR count). The van der Waals surface area contributed by atoms with Gasteiger partial charge in [-0.15, -0.1) is 11.8 Å². The van der Waals surface area contributed by atoms with E-state index >= 15 is 0 Å². The van der Waals surface area contributed by atoms with Crippen LogP contribution >= 0.6 is 34.7 Å². The Morgan fingerprint density at radius 2 is 2.17 bits per heavy atom. The van der Waals surface area contributed by atoms with E-state index in [4.69, 9.17) is 26.1 Å². The summed E-state index contributed by atoms with van der Waals surface area (Å²) in [6.07, 6.45) is 2.51. The van der Waals surface area contributed by atoms with E-state index in [-0.39, 0.29) is 12.0 Å². The summed E-state index contributed by atoms with van der Waals surface area (Å²) in [5.74, 6) is 1.52. The van der Waals surface area contributed by atoms with Crippen LogP contribution in [0.15, 0.2) is 47.4 Å². The van der Waals surface area contributed by atoms with Gasteiger partial charge in [-0.05, 0) is 49.2 Å². The Kier molecular flexibility index (Phi) is 7.15. The molecule has 1 amide bonds. The van der Waals surface area contributed by atoms with Crippen molar-refractivity contribution in [2.24, 2.45) is 0 Å². The number of aromatic nitrogens is 1. The molecule has 1 aliphatic heterocycles. The van der Waals surface area contributed by atoms with Crippen LogP contribution in [-0.2, 0) is 9.53 Å². The number of amides is 1. The Balaban J connectivity index is 1.48. The minimum absolute atomic E-state index is 0.0676. The van der Waals surface area contributed by atoms with E-state index < -0.39 is 0 Å². The molecular weight excluding hydrogens is 440 g/mol. The zero-order valence-electron chi connectivity index (χ0n) is 16.7. The maximum atomic E-state index is 13.2. The number of benzene rings is 2. The van der Waals surface area contributed by atoms with Crippen molar-refractivity contribution in [2.45, 2.75) is 30.3 Å². The molecule has 0 aliphatic carbocycles. The van der Waals surface area contributed by atoms with Crippen LogP contribution in [0.1, 0.15) is 19.3 Å². The summed E-state index contributed by atoms with van der Waals surface area (Å²) in [6, 6.07) is 13.5. The van der Waals surface area contributed by atoms with E-state index in [0.717, 1.165) is 45.4 Å². The molecule has 30 heavy (non-hydrogen) atoms. The van der Waals surface area contributed by atoms with Gasteiger partial charge < -0.3 is 9.47 Å². The number of rotatable bonds is 8. The Morgan fingerprint density at radius 1 is 1.33 bits per heavy atom. The number of hydrogen-bond acceptors (Lipinski definition) is 6. The Hall–Kier alpha value is -1.80. The maximum Gasteiger partial charge on any atom is 0.229 e. The van der Waals surface area contributed by atoms with Crippen molar-refractivity contribution in [1.29, 1.82) is 0 Å². The van der Waals surface area contributed by atoms with Crippen molar-refractivity contribution in [3.05, 3.63) is 47.5 Å². The van der Waals surface area contributed by atoms with Crippen molar-refractivity contribution in [3.8, 4) is 5.75 Å². The van der Waals surface area contributed by atoms with E-state index in [0.29, 0.717) is 23.7 Å². The monoisotopic (exact) mass is 462 g/mol. The second kappa shape index (κ2) is 10.0. The number of carbonyl (C=O) groups excluding carboxylic acids is 1. The normalized spacial score (nSPS) is 16.1. The number of fused-ring (bicyclic) bond motifs is 1. The van der Waals surface area contributed by atoms with Crippen LogP contribution in [0.25, 0.3) is 10.2 Å². The van der Waals surface area contributed by atoms with E-state index in [1.807, 2.05) is 42.5 Å². The zero-order chi connectivity index (χ0) is 20.9. The van der Waals surface area contributed by atoms with Gasteiger partial charge in [0.1, 0.15) is 5.75 Å². The van der Waals surface area contributed by atoms with Gasteiger partial charge >= 0.3 is 0 Å². The summed E-state index contributed by atoms with van der Waals surface area (Å²) >= 11 is 9.12. The third kappa shape index (κ3) is 5.27. The summed E-state index contributed by atoms with van der Waals surface area (Å²) in [5, 5.41) is 1.43. The van der Waals surface area contributed by atoms with Gasteiger partial charge in [-0.3, -0.25) is 9.69 Å². The molecule has 3 aromatic rings. The second-order valence-corrected chi connectivity index (χ2v) is 9.64. The highest BCUT2D eigenvalue weighted by molar-refractivity contribution is 7.99. The third-order valence-corrected chi connectivity index (χ3v) is 7.25. The van der Waals surface area contributed by atoms with Crippen molar-refractivity contribution in [3.63, 3.8) is 0 Å². The summed E-state index contributed by atoms with van der Waals surface area (Å²) in [4.78, 5) is 20.8. The van der Waals surface area contributed by atoms with Gasteiger partial charge in [-0.25, -0.2) is 4.98 Å². The Labute approximate surface area is 189 Å². The molecule has 0 spiro atoms. The lowest BCUT2D eigenvalue weighted by molar-refractivity contribution is -0.118. The molecule has 1 unspecified atom stereocenters. The molecule has 2 aromatic carbocycles. The van der Waals surface area contributed by atoms with Gasteiger partial charge in [-0.2, -0.15) is 0 Å². The van der Waals surface area contributed by atoms with Gasteiger partial charge in [0.15, 0.2) is 5.13 Å². The molecule has 2 heterocycles. The average molecular weight is 463 g/mol. The van der Waals surface area contributed by atoms with Crippen LogP contribution in [0.5, 0.6) is 5.75 Å². The fourth-order valence-corrected chi connectivity index (χ4v) is 5.28. The number of hydrogen-bond donors (Lipinski definition) is 0. The minimum Gasteiger partial charge on any atom is -0.497 e. The largest absolute Gasteiger partial charge is 0.497 e. The highest BCUT2D eigenvalue weighted by Gasteiger charge is 2.26. The van der Waals surface area contributed by atoms with Gasteiger partial charge in [0.05, 0.1) is 30.0 Å². The number of anilines is 1. The molecule has 0 bridgehead atoms. The molecule has 1 atom stereocenters. The van der Waals surface area contributed by atoms with Crippen molar-refractivity contribution >= 4 is 56.0 Å². The quantitative estimate of drug-likeness (QED) is 0.405. The van der Waals surface area contributed by atoms with Crippen LogP contribution in [0.3, 0.4) is 0 Å². The van der Waals surface area contributed by atoms with E-state index in [9.17, 15) is 4.79 Å². The topological polar surface area (TPSA) is 51.7 Å². The van der Waals surface area contributed by atoms with Gasteiger partial charge in [0.25, 0.3) is 0 Å². The van der Waals surface area contributed by atoms with Crippen LogP contribution in [0.2, 0.25) is 5.02 Å². The number of ether oxygens (including phenoxy) is 2. The molecule has 1 fully saturated rings. The molecule has 1 aromatic heterocycles. The average Bonchev–Trinajstić information content (AvgIpc) is 3.42. The fourth-order valence-electron chi connectivity index (χ4n) is 3.34. The van der Waals surface area contributed by atoms with E-state index in [1.54, 1.807) is 23.8 Å². The minimum atomic E-state index is 0.0676. The Morgan fingerprint density at radius 3 is 2.90 bits per heavy atom. The second-order valence-electron chi connectivity index (χ2n) is 7.02. The summed E-state index contributed by atoms with van der Waals surface area (Å²) < 4.78 is 12.1. The Bertz CT molecular complexity index is 1000. The van der Waals surface area contributed by atoms with Crippen molar-refractivity contribution < 1.29 is 14.3 Å². The van der Waals surface area contributed by atoms with Gasteiger partial charge in [-0.1, -0.05) is 22.9 Å². The van der Waals surface area contributed by atoms with E-state index in [2.05, 4.69) is 0 Å². The number of carbonyl (C=O) groups is 1. The third-order valence-electron chi connectivity index (χ3n) is 4.92. The summed E-state index contributed by atoms with van der Waals surface area (Å²) in [5.41, 5.74) is 0.843. The lowest BCUT2D eigenvalue weighted by Crippen LogP contribution is -2.37. The fraction of sp³-hybridized carbons (Fsp3) is 0.364. The van der Waals surface area contributed by atoms with Gasteiger partial charge in [0, 0.05) is 34.8 Å². The first kappa shape index (κ1) is 21.4. The molecular formula is C22H23ClN2O3S2. The molecule has 1 aliphatic rings. The maximum absolute atomic E-state index is 13.2. The lowest BCUT2D eigenvalue weighted by Gasteiger charge is -2.23. The molecule has 158 valence electrons. The predicted molar refractivity (Wildman–Crippen MR) is 124 cm³/mol. The number of halogens is 1. The number of methoxy groups -OCH3 is 1. The SMILES string of the molecule is COc1ccc2sc(N(CC3CCCO3)C(=O)CCSc3ccc(Cl)cc3)nc2c1. The number of thiazole rings is 1. The van der Waals surface area contributed by atoms with Gasteiger partial charge in [0.2, 0.25) is 5.91 Å². The first-order valence-electron chi connectivity index (χ1n) is 9.87. The summed E-state index contributed by atoms with van der Waals surface area (Å²) in [7, 11) is 1.64. The first-order valence-corrected chi connectivity index (χ1v) is 12.1. The molecule has 0 N–H and O–H groups in total. The van der Waals surface area contributed by atoms with E-state index in [1.165, 1.54) is 11.3 Å². The molecule has 8 heteroatoms. The number of nitrogens with zero attached hydrogens (tertiary/aromatic N) is 2. The molecule has 0 radical (unpaired) electrons. The highest BCUT2D eigenvalue weighted by Crippen LogP contribution is 2.32. The molecule has 0 saturated carbocycles. The molecule has 1 saturated heterocycles. The predicted octanol–water partition coefficient (Wildman–Crippen LogP) is 5.65. The number of thioether (sulfide) groups is 1. The molecule has 5 nitrogen and oxygen atoms in total. The zero-order valence-corrected chi connectivity index (χ0v) is 19.1. The summed E-state index contributed by atoms with van der Waals surface area (Å²) in [6.45, 7) is 1.30. The first-order chi connectivity index (χ1) is 14.6.